The Labute approximate surface area is 114 Å². The molecule has 0 saturated heterocycles. The number of alkyl halides is 2. The van der Waals surface area contributed by atoms with Crippen molar-refractivity contribution in [3.05, 3.63) is 17.2 Å². The number of ether oxygens (including phenoxy) is 2. The number of halogens is 3. The van der Waals surface area contributed by atoms with E-state index in [2.05, 4.69) is 5.32 Å². The van der Waals surface area contributed by atoms with Gasteiger partial charge in [-0.25, -0.2) is 0 Å². The summed E-state index contributed by atoms with van der Waals surface area (Å²) in [5.74, 6) is 0.234. The highest BCUT2D eigenvalue weighted by Crippen LogP contribution is 2.36. The molecule has 7 heteroatoms. The lowest BCUT2D eigenvalue weighted by atomic mass is 10.2. The highest BCUT2D eigenvalue weighted by Gasteiger charge is 2.16. The first-order valence-electron chi connectivity index (χ1n) is 4.50. The van der Waals surface area contributed by atoms with Gasteiger partial charge in [-0.1, -0.05) is 34.8 Å². The minimum absolute atomic E-state index is 0.371. The van der Waals surface area contributed by atoms with E-state index in [0.717, 1.165) is 0 Å². The van der Waals surface area contributed by atoms with Gasteiger partial charge >= 0.3 is 0 Å². The van der Waals surface area contributed by atoms with Gasteiger partial charge in [0.1, 0.15) is 11.5 Å². The zero-order chi connectivity index (χ0) is 13.0. The van der Waals surface area contributed by atoms with Crippen molar-refractivity contribution in [2.75, 3.05) is 19.5 Å². The SMILES string of the molecule is COc1cc(NC(=O)C(Cl)Cl)c(OC)cc1Cl. The van der Waals surface area contributed by atoms with Crippen LogP contribution in [0.1, 0.15) is 0 Å². The lowest BCUT2D eigenvalue weighted by Gasteiger charge is -2.13. The Morgan fingerprint density at radius 3 is 2.29 bits per heavy atom. The molecule has 0 aliphatic heterocycles. The summed E-state index contributed by atoms with van der Waals surface area (Å²) >= 11 is 16.8. The van der Waals surface area contributed by atoms with Gasteiger partial charge in [-0.05, 0) is 0 Å². The van der Waals surface area contributed by atoms with Crippen LogP contribution in [0, 0.1) is 0 Å². The number of methoxy groups -OCH3 is 2. The molecule has 0 heterocycles. The zero-order valence-corrected chi connectivity index (χ0v) is 11.4. The molecule has 0 unspecified atom stereocenters. The van der Waals surface area contributed by atoms with Crippen LogP contribution in [0.5, 0.6) is 11.5 Å². The second kappa shape index (κ2) is 6.19. The van der Waals surface area contributed by atoms with Crippen LogP contribution in [0.4, 0.5) is 5.69 Å². The average molecular weight is 299 g/mol. The number of carbonyl (C=O) groups excluding carboxylic acids is 1. The molecule has 1 rings (SSSR count). The Bertz CT molecular complexity index is 424. The summed E-state index contributed by atoms with van der Waals surface area (Å²) in [5.41, 5.74) is 0.380. The predicted molar refractivity (Wildman–Crippen MR) is 68.7 cm³/mol. The van der Waals surface area contributed by atoms with Gasteiger partial charge in [-0.3, -0.25) is 4.79 Å². The Hall–Kier alpha value is -0.840. The van der Waals surface area contributed by atoms with Gasteiger partial charge in [0.15, 0.2) is 4.84 Å². The molecule has 0 bridgehead atoms. The molecule has 1 aromatic carbocycles. The van der Waals surface area contributed by atoms with Crippen molar-refractivity contribution in [2.45, 2.75) is 4.84 Å². The van der Waals surface area contributed by atoms with E-state index < -0.39 is 10.7 Å². The highest BCUT2D eigenvalue weighted by atomic mass is 35.5. The monoisotopic (exact) mass is 297 g/mol. The van der Waals surface area contributed by atoms with Crippen LogP contribution in [0.2, 0.25) is 5.02 Å². The Kier molecular flexibility index (Phi) is 5.18. The van der Waals surface area contributed by atoms with Gasteiger partial charge in [0.05, 0.1) is 24.9 Å². The van der Waals surface area contributed by atoms with Crippen LogP contribution in [0.3, 0.4) is 0 Å². The van der Waals surface area contributed by atoms with Crippen molar-refractivity contribution in [2.24, 2.45) is 0 Å². The maximum Gasteiger partial charge on any atom is 0.257 e. The molecule has 0 radical (unpaired) electrons. The molecule has 4 nitrogen and oxygen atoms in total. The molecule has 0 fully saturated rings. The number of carbonyl (C=O) groups is 1. The van der Waals surface area contributed by atoms with Gasteiger partial charge in [0.25, 0.3) is 5.91 Å². The first-order valence-corrected chi connectivity index (χ1v) is 5.75. The summed E-state index contributed by atoms with van der Waals surface area (Å²) in [5, 5.41) is 2.87. The lowest BCUT2D eigenvalue weighted by molar-refractivity contribution is -0.114. The molecular formula is C10H10Cl3NO3. The maximum atomic E-state index is 11.4. The molecule has 94 valence electrons. The fraction of sp³-hybridized carbons (Fsp3) is 0.300. The highest BCUT2D eigenvalue weighted by molar-refractivity contribution is 6.54. The number of hydrogen-bond acceptors (Lipinski definition) is 3. The molecule has 0 aliphatic carbocycles. The molecular weight excluding hydrogens is 288 g/mol. The van der Waals surface area contributed by atoms with Gasteiger partial charge in [0, 0.05) is 12.1 Å². The van der Waals surface area contributed by atoms with E-state index in [1.165, 1.54) is 26.4 Å². The van der Waals surface area contributed by atoms with Gasteiger partial charge in [-0.15, -0.1) is 0 Å². The number of benzene rings is 1. The first-order chi connectivity index (χ1) is 7.99. The van der Waals surface area contributed by atoms with Gasteiger partial charge in [0.2, 0.25) is 0 Å². The molecule has 0 aromatic heterocycles. The lowest BCUT2D eigenvalue weighted by Crippen LogP contribution is -2.19. The quantitative estimate of drug-likeness (QED) is 0.869. The third-order valence-electron chi connectivity index (χ3n) is 1.93. The van der Waals surface area contributed by atoms with Crippen molar-refractivity contribution >= 4 is 46.4 Å². The second-order valence-electron chi connectivity index (χ2n) is 2.98. The number of nitrogens with one attached hydrogen (secondary N) is 1. The second-order valence-corrected chi connectivity index (χ2v) is 4.48. The molecule has 0 atom stereocenters. The number of rotatable bonds is 4. The van der Waals surface area contributed by atoms with E-state index in [9.17, 15) is 4.79 Å². The minimum Gasteiger partial charge on any atom is -0.495 e. The van der Waals surface area contributed by atoms with Crippen molar-refractivity contribution in [1.29, 1.82) is 0 Å². The average Bonchev–Trinajstić information content (AvgIpc) is 2.30. The van der Waals surface area contributed by atoms with Gasteiger partial charge in [-0.2, -0.15) is 0 Å². The van der Waals surface area contributed by atoms with Crippen LogP contribution < -0.4 is 14.8 Å². The summed E-state index contributed by atoms with van der Waals surface area (Å²) in [4.78, 5) is 10.2. The largest absolute Gasteiger partial charge is 0.495 e. The predicted octanol–water partition coefficient (Wildman–Crippen LogP) is 3.10. The maximum absolute atomic E-state index is 11.4. The van der Waals surface area contributed by atoms with E-state index >= 15 is 0 Å². The van der Waals surface area contributed by atoms with Crippen LogP contribution in [0.15, 0.2) is 12.1 Å². The van der Waals surface area contributed by atoms with Crippen LogP contribution in [0.25, 0.3) is 0 Å². The normalized spacial score (nSPS) is 10.2. The number of amides is 1. The molecule has 1 N–H and O–H groups in total. The van der Waals surface area contributed by atoms with Crippen molar-refractivity contribution in [3.8, 4) is 11.5 Å². The van der Waals surface area contributed by atoms with Crippen molar-refractivity contribution in [3.63, 3.8) is 0 Å². The summed E-state index contributed by atoms with van der Waals surface area (Å²) in [6.07, 6.45) is 0. The van der Waals surface area contributed by atoms with Crippen LogP contribution in [-0.4, -0.2) is 25.0 Å². The zero-order valence-electron chi connectivity index (χ0n) is 9.09. The summed E-state index contributed by atoms with van der Waals surface area (Å²) in [6, 6.07) is 3.04. The smallest absolute Gasteiger partial charge is 0.257 e. The van der Waals surface area contributed by atoms with E-state index in [1.807, 2.05) is 0 Å². The topological polar surface area (TPSA) is 47.6 Å². The van der Waals surface area contributed by atoms with E-state index in [4.69, 9.17) is 44.3 Å². The summed E-state index contributed by atoms with van der Waals surface area (Å²) in [7, 11) is 2.91. The fourth-order valence-corrected chi connectivity index (χ4v) is 1.49. The third kappa shape index (κ3) is 3.56. The Morgan fingerprint density at radius 2 is 1.82 bits per heavy atom. The Morgan fingerprint density at radius 1 is 1.24 bits per heavy atom. The van der Waals surface area contributed by atoms with Crippen molar-refractivity contribution in [1.82, 2.24) is 0 Å². The van der Waals surface area contributed by atoms with E-state index in [1.54, 1.807) is 0 Å². The van der Waals surface area contributed by atoms with Crippen LogP contribution in [-0.2, 0) is 4.79 Å². The first kappa shape index (κ1) is 14.2. The molecule has 17 heavy (non-hydrogen) atoms. The molecule has 0 spiro atoms. The van der Waals surface area contributed by atoms with Gasteiger partial charge < -0.3 is 14.8 Å². The molecule has 1 aromatic rings. The van der Waals surface area contributed by atoms with Crippen molar-refractivity contribution < 1.29 is 14.3 Å². The fourth-order valence-electron chi connectivity index (χ4n) is 1.15. The number of hydrogen-bond donors (Lipinski definition) is 1. The van der Waals surface area contributed by atoms with E-state index in [0.29, 0.717) is 22.2 Å². The number of anilines is 1. The van der Waals surface area contributed by atoms with E-state index in [-0.39, 0.29) is 0 Å². The van der Waals surface area contributed by atoms with Crippen LogP contribution >= 0.6 is 34.8 Å². The Balaban J connectivity index is 3.08. The minimum atomic E-state index is -1.17. The third-order valence-corrected chi connectivity index (χ3v) is 2.62. The summed E-state index contributed by atoms with van der Waals surface area (Å²) < 4.78 is 10.1. The summed E-state index contributed by atoms with van der Waals surface area (Å²) in [6.45, 7) is 0. The standard InChI is InChI=1S/C10H10Cl3NO3/c1-16-7-4-6(14-10(15)9(12)13)8(17-2)3-5(7)11/h3-4,9H,1-2H3,(H,14,15). The molecule has 0 aliphatic rings. The molecule has 0 saturated carbocycles. The molecule has 1 amide bonds.